The molecule has 0 aliphatic carbocycles. The zero-order chi connectivity index (χ0) is 19.9. The largest absolute Gasteiger partial charge is 0.371 e. The monoisotopic (exact) mass is 428 g/mol. The molecule has 29 heavy (non-hydrogen) atoms. The fraction of sp³-hybridized carbons (Fsp3) is 0.435. The molecule has 3 aromatic rings. The lowest BCUT2D eigenvalue weighted by Gasteiger charge is -2.28. The number of piperidine rings is 1. The molecule has 3 heterocycles. The topological polar surface area (TPSA) is 31.4 Å². The van der Waals surface area contributed by atoms with Crippen molar-refractivity contribution in [3.8, 4) is 0 Å². The molecule has 0 radical (unpaired) electrons. The van der Waals surface area contributed by atoms with Crippen LogP contribution < -0.4 is 10.2 Å². The summed E-state index contributed by atoms with van der Waals surface area (Å²) in [6.07, 6.45) is 4.04. The Hall–Kier alpha value is -1.66. The van der Waals surface area contributed by atoms with Gasteiger partial charge in [-0.05, 0) is 55.2 Å². The third-order valence-corrected chi connectivity index (χ3v) is 6.63. The molecule has 1 N–H and O–H groups in total. The lowest BCUT2D eigenvalue weighted by Crippen LogP contribution is -2.42. The zero-order valence-corrected chi connectivity index (χ0v) is 18.4. The number of fused-ring (bicyclic) bond motifs is 1. The summed E-state index contributed by atoms with van der Waals surface area (Å²) >= 11 is 7.54. The predicted molar refractivity (Wildman–Crippen MR) is 125 cm³/mol. The number of nitrogens with one attached hydrogen (secondary N) is 1. The maximum absolute atomic E-state index is 5.83. The van der Waals surface area contributed by atoms with Crippen molar-refractivity contribution in [2.45, 2.75) is 25.8 Å². The van der Waals surface area contributed by atoms with Crippen LogP contribution in [-0.2, 0) is 6.54 Å². The summed E-state index contributed by atoms with van der Waals surface area (Å²) in [4.78, 5) is 9.30. The highest BCUT2D eigenvalue weighted by Crippen LogP contribution is 2.25. The molecule has 2 aliphatic heterocycles. The molecule has 2 aliphatic rings. The second-order valence-corrected chi connectivity index (χ2v) is 9.03. The van der Waals surface area contributed by atoms with Crippen molar-refractivity contribution in [1.82, 2.24) is 15.2 Å². The number of benzene rings is 2. The molecule has 4 nitrogen and oxygen atoms in total. The molecule has 0 amide bonds. The zero-order valence-electron chi connectivity index (χ0n) is 16.8. The average molecular weight is 429 g/mol. The van der Waals surface area contributed by atoms with Crippen LogP contribution in [0.15, 0.2) is 48.0 Å². The maximum atomic E-state index is 5.83. The first-order chi connectivity index (χ1) is 14.3. The summed E-state index contributed by atoms with van der Waals surface area (Å²) in [7, 11) is 0. The summed E-state index contributed by atoms with van der Waals surface area (Å²) in [5.74, 6) is 0. The van der Waals surface area contributed by atoms with Gasteiger partial charge in [-0.2, -0.15) is 0 Å². The lowest BCUT2D eigenvalue weighted by atomic mass is 10.1. The number of hydrogen-bond donors (Lipinski definition) is 1. The van der Waals surface area contributed by atoms with E-state index in [9.17, 15) is 0 Å². The highest BCUT2D eigenvalue weighted by atomic mass is 35.5. The number of halogens is 1. The number of thiazole rings is 1. The summed E-state index contributed by atoms with van der Waals surface area (Å²) in [5, 5.41) is 4.16. The lowest BCUT2D eigenvalue weighted by molar-refractivity contribution is 0.233. The summed E-state index contributed by atoms with van der Waals surface area (Å²) in [5.41, 5.74) is 5.75. The standard InChI is InChI=1S/C12H14N2S.C11H15ClN2/c1-2-6-14(7-3-1)10-4-5-12-11(8-10)13-9-15-12;12-11-3-1-10(2-4-11)9-14-7-5-13-6-8-14/h4-5,8-9H,1-3,6-7H2;1-4,13H,5-9H2. The molecule has 0 bridgehead atoms. The van der Waals surface area contributed by atoms with E-state index in [4.69, 9.17) is 11.6 Å². The fourth-order valence-corrected chi connectivity index (χ4v) is 4.70. The fourth-order valence-electron chi connectivity index (χ4n) is 3.91. The van der Waals surface area contributed by atoms with Crippen LogP contribution in [0.1, 0.15) is 24.8 Å². The molecule has 6 heteroatoms. The van der Waals surface area contributed by atoms with E-state index < -0.39 is 0 Å². The SMILES string of the molecule is Clc1ccc(CN2CCNCC2)cc1.c1nc2cc(N3CCCCC3)ccc2s1. The van der Waals surface area contributed by atoms with Crippen LogP contribution in [0.2, 0.25) is 5.02 Å². The van der Waals surface area contributed by atoms with Crippen molar-refractivity contribution in [1.29, 1.82) is 0 Å². The smallest absolute Gasteiger partial charge is 0.0832 e. The van der Waals surface area contributed by atoms with Crippen LogP contribution in [0.4, 0.5) is 5.69 Å². The van der Waals surface area contributed by atoms with E-state index in [1.807, 2.05) is 17.6 Å². The Morgan fingerprint density at radius 1 is 0.931 bits per heavy atom. The molecule has 5 rings (SSSR count). The normalized spacial score (nSPS) is 17.8. The minimum absolute atomic E-state index is 0.814. The Bertz CT molecular complexity index is 883. The quantitative estimate of drug-likeness (QED) is 0.633. The molecule has 2 aromatic carbocycles. The van der Waals surface area contributed by atoms with Crippen LogP contribution in [0, 0.1) is 0 Å². The van der Waals surface area contributed by atoms with Gasteiger partial charge in [0.2, 0.25) is 0 Å². The van der Waals surface area contributed by atoms with Gasteiger partial charge in [-0.25, -0.2) is 4.98 Å². The number of anilines is 1. The van der Waals surface area contributed by atoms with Gasteiger partial charge in [0.1, 0.15) is 0 Å². The Balaban J connectivity index is 0.000000142. The molecular formula is C23H29ClN4S. The van der Waals surface area contributed by atoms with Crippen molar-refractivity contribution < 1.29 is 0 Å². The van der Waals surface area contributed by atoms with Crippen molar-refractivity contribution in [2.24, 2.45) is 0 Å². The number of nitrogens with zero attached hydrogens (tertiary/aromatic N) is 3. The Morgan fingerprint density at radius 2 is 1.69 bits per heavy atom. The highest BCUT2D eigenvalue weighted by molar-refractivity contribution is 7.16. The van der Waals surface area contributed by atoms with E-state index in [1.165, 1.54) is 48.3 Å². The average Bonchev–Trinajstić information content (AvgIpc) is 3.25. The molecule has 154 valence electrons. The number of hydrogen-bond acceptors (Lipinski definition) is 5. The minimum atomic E-state index is 0.814. The van der Waals surface area contributed by atoms with Gasteiger partial charge in [-0.1, -0.05) is 23.7 Å². The Morgan fingerprint density at radius 3 is 2.45 bits per heavy atom. The van der Waals surface area contributed by atoms with E-state index in [0.29, 0.717) is 0 Å². The number of piperazine rings is 1. The minimum Gasteiger partial charge on any atom is -0.371 e. The molecule has 0 atom stereocenters. The molecule has 0 unspecified atom stereocenters. The molecule has 0 spiro atoms. The second-order valence-electron chi connectivity index (χ2n) is 7.70. The van der Waals surface area contributed by atoms with Gasteiger partial charge in [-0.3, -0.25) is 4.90 Å². The van der Waals surface area contributed by atoms with Gasteiger partial charge in [0.25, 0.3) is 0 Å². The first-order valence-corrected chi connectivity index (χ1v) is 11.8. The van der Waals surface area contributed by atoms with E-state index in [1.54, 1.807) is 11.3 Å². The maximum Gasteiger partial charge on any atom is 0.0832 e. The van der Waals surface area contributed by atoms with E-state index in [-0.39, 0.29) is 0 Å². The van der Waals surface area contributed by atoms with Gasteiger partial charge >= 0.3 is 0 Å². The van der Waals surface area contributed by atoms with Crippen molar-refractivity contribution in [3.05, 3.63) is 58.6 Å². The first-order valence-electron chi connectivity index (χ1n) is 10.5. The van der Waals surface area contributed by atoms with Gasteiger partial charge in [0.05, 0.1) is 15.7 Å². The summed E-state index contributed by atoms with van der Waals surface area (Å²) in [6, 6.07) is 14.8. The van der Waals surface area contributed by atoms with E-state index in [2.05, 4.69) is 50.4 Å². The molecule has 1 aromatic heterocycles. The van der Waals surface area contributed by atoms with E-state index in [0.717, 1.165) is 43.3 Å². The summed E-state index contributed by atoms with van der Waals surface area (Å²) in [6.45, 7) is 7.94. The van der Waals surface area contributed by atoms with Gasteiger partial charge in [0.15, 0.2) is 0 Å². The van der Waals surface area contributed by atoms with Crippen LogP contribution in [0.25, 0.3) is 10.2 Å². The molecular weight excluding hydrogens is 400 g/mol. The highest BCUT2D eigenvalue weighted by Gasteiger charge is 2.11. The molecule has 0 saturated carbocycles. The second kappa shape index (κ2) is 10.4. The molecule has 2 saturated heterocycles. The Kier molecular flexibility index (Phi) is 7.39. The van der Waals surface area contributed by atoms with Gasteiger partial charge < -0.3 is 10.2 Å². The van der Waals surface area contributed by atoms with E-state index >= 15 is 0 Å². The number of rotatable bonds is 3. The third kappa shape index (κ3) is 5.92. The van der Waals surface area contributed by atoms with Crippen molar-refractivity contribution in [3.63, 3.8) is 0 Å². The van der Waals surface area contributed by atoms with Crippen molar-refractivity contribution >= 4 is 38.8 Å². The Labute approximate surface area is 182 Å². The van der Waals surface area contributed by atoms with Crippen LogP contribution in [0.3, 0.4) is 0 Å². The van der Waals surface area contributed by atoms with Crippen LogP contribution in [-0.4, -0.2) is 49.2 Å². The van der Waals surface area contributed by atoms with Gasteiger partial charge in [-0.15, -0.1) is 11.3 Å². The van der Waals surface area contributed by atoms with Crippen LogP contribution >= 0.6 is 22.9 Å². The first kappa shape index (κ1) is 20.6. The third-order valence-electron chi connectivity index (χ3n) is 5.56. The predicted octanol–water partition coefficient (Wildman–Crippen LogP) is 5.03. The summed E-state index contributed by atoms with van der Waals surface area (Å²) < 4.78 is 1.29. The molecule has 2 fully saturated rings. The van der Waals surface area contributed by atoms with Crippen molar-refractivity contribution in [2.75, 3.05) is 44.2 Å². The van der Waals surface area contributed by atoms with Crippen LogP contribution in [0.5, 0.6) is 0 Å². The number of aromatic nitrogens is 1. The van der Waals surface area contributed by atoms with Gasteiger partial charge in [0, 0.05) is 56.5 Å².